The van der Waals surface area contributed by atoms with Gasteiger partial charge in [-0.15, -0.1) is 0 Å². The molecular weight excluding hydrogens is 127 g/mol. The predicted molar refractivity (Wildman–Crippen MR) is 27.0 cm³/mol. The van der Waals surface area contributed by atoms with Crippen LogP contribution in [0.25, 0.3) is 0 Å². The molecular formula is C4H7O3P-2. The Morgan fingerprint density at radius 2 is 1.88 bits per heavy atom. The summed E-state index contributed by atoms with van der Waals surface area (Å²) in [6, 6.07) is 0. The normalized spacial score (nSPS) is 11.0. The number of allylic oxidation sites excluding steroid dienone is 1. The zero-order chi connectivity index (χ0) is 6.78. The van der Waals surface area contributed by atoms with Crippen LogP contribution in [0.15, 0.2) is 11.4 Å². The Bertz CT molecular complexity index is 139. The van der Waals surface area contributed by atoms with Gasteiger partial charge in [0.1, 0.15) is 0 Å². The highest BCUT2D eigenvalue weighted by Gasteiger charge is 1.79. The van der Waals surface area contributed by atoms with Crippen molar-refractivity contribution in [2.24, 2.45) is 0 Å². The molecule has 0 aliphatic carbocycles. The molecule has 0 saturated carbocycles. The van der Waals surface area contributed by atoms with Gasteiger partial charge in [-0.1, -0.05) is 11.4 Å². The van der Waals surface area contributed by atoms with Crippen molar-refractivity contribution >= 4 is 7.60 Å². The van der Waals surface area contributed by atoms with Crippen molar-refractivity contribution in [2.45, 2.75) is 13.8 Å². The van der Waals surface area contributed by atoms with Crippen molar-refractivity contribution in [3.8, 4) is 0 Å². The summed E-state index contributed by atoms with van der Waals surface area (Å²) < 4.78 is 9.84. The lowest BCUT2D eigenvalue weighted by Crippen LogP contribution is -2.10. The molecule has 8 heavy (non-hydrogen) atoms. The topological polar surface area (TPSA) is 63.2 Å². The standard InChI is InChI=1S/C4H9O3P/c1-4(2)3-8(5,6)7/h3H,1-2H3,(H2,5,6,7)/p-2. The quantitative estimate of drug-likeness (QED) is 0.467. The summed E-state index contributed by atoms with van der Waals surface area (Å²) in [7, 11) is -4.38. The Labute approximate surface area is 48.2 Å². The van der Waals surface area contributed by atoms with Gasteiger partial charge in [-0.25, -0.2) is 0 Å². The van der Waals surface area contributed by atoms with E-state index < -0.39 is 7.60 Å². The van der Waals surface area contributed by atoms with Gasteiger partial charge in [0.05, 0.1) is 0 Å². The van der Waals surface area contributed by atoms with Crippen LogP contribution in [0.2, 0.25) is 0 Å². The maximum absolute atomic E-state index is 9.84. The Morgan fingerprint density at radius 1 is 1.50 bits per heavy atom. The third-order valence-electron chi connectivity index (χ3n) is 0.416. The first-order chi connectivity index (χ1) is 3.42. The van der Waals surface area contributed by atoms with Gasteiger partial charge in [0, 0.05) is 0 Å². The minimum atomic E-state index is -4.38. The maximum atomic E-state index is 9.84. The summed E-state index contributed by atoms with van der Waals surface area (Å²) in [5.74, 6) is 0.715. The molecule has 0 aromatic heterocycles. The van der Waals surface area contributed by atoms with Crippen molar-refractivity contribution in [3.63, 3.8) is 0 Å². The Hall–Kier alpha value is -0.110. The smallest absolute Gasteiger partial charge is 0.0438 e. The molecule has 0 aromatic carbocycles. The molecule has 0 aliphatic rings. The Balaban J connectivity index is 4.11. The van der Waals surface area contributed by atoms with E-state index in [9.17, 15) is 14.4 Å². The van der Waals surface area contributed by atoms with Crippen molar-refractivity contribution < 1.29 is 14.4 Å². The largest absolute Gasteiger partial charge is 0.808 e. The van der Waals surface area contributed by atoms with Crippen LogP contribution in [0.5, 0.6) is 0 Å². The second kappa shape index (κ2) is 2.44. The van der Waals surface area contributed by atoms with E-state index in [0.717, 1.165) is 0 Å². The maximum Gasteiger partial charge on any atom is -0.0438 e. The molecule has 0 heterocycles. The van der Waals surface area contributed by atoms with Crippen LogP contribution in [-0.4, -0.2) is 0 Å². The lowest BCUT2D eigenvalue weighted by atomic mass is 10.4. The first-order valence-electron chi connectivity index (χ1n) is 2.09. The monoisotopic (exact) mass is 134 g/mol. The van der Waals surface area contributed by atoms with E-state index in [0.29, 0.717) is 11.4 Å². The zero-order valence-corrected chi connectivity index (χ0v) is 5.64. The van der Waals surface area contributed by atoms with Crippen LogP contribution in [0.3, 0.4) is 0 Å². The van der Waals surface area contributed by atoms with Crippen molar-refractivity contribution in [2.75, 3.05) is 0 Å². The molecule has 0 atom stereocenters. The zero-order valence-electron chi connectivity index (χ0n) is 4.75. The molecule has 48 valence electrons. The van der Waals surface area contributed by atoms with E-state index in [1.165, 1.54) is 0 Å². The summed E-state index contributed by atoms with van der Waals surface area (Å²) in [6.45, 7) is 3.12. The molecule has 0 aromatic rings. The lowest BCUT2D eigenvalue weighted by Gasteiger charge is -2.25. The third-order valence-corrected chi connectivity index (χ3v) is 1.25. The first-order valence-corrected chi connectivity index (χ1v) is 3.71. The van der Waals surface area contributed by atoms with Gasteiger partial charge in [-0.05, 0) is 21.4 Å². The molecule has 0 radical (unpaired) electrons. The molecule has 0 amide bonds. The number of rotatable bonds is 1. The summed E-state index contributed by atoms with van der Waals surface area (Å²) in [5.41, 5.74) is 0.512. The molecule has 0 bridgehead atoms. The Morgan fingerprint density at radius 3 is 1.88 bits per heavy atom. The van der Waals surface area contributed by atoms with Gasteiger partial charge >= 0.3 is 0 Å². The van der Waals surface area contributed by atoms with E-state index in [1.807, 2.05) is 0 Å². The predicted octanol–water partition coefficient (Wildman–Crippen LogP) is -0.176. The second-order valence-corrected chi connectivity index (χ2v) is 3.08. The minimum Gasteiger partial charge on any atom is -0.808 e. The van der Waals surface area contributed by atoms with Gasteiger partial charge in [0.2, 0.25) is 0 Å². The van der Waals surface area contributed by atoms with Crippen molar-refractivity contribution in [1.82, 2.24) is 0 Å². The van der Waals surface area contributed by atoms with Crippen LogP contribution in [0.1, 0.15) is 13.8 Å². The minimum absolute atomic E-state index is 0.512. The molecule has 0 fully saturated rings. The molecule has 4 heteroatoms. The summed E-state index contributed by atoms with van der Waals surface area (Å²) in [6.07, 6.45) is 0. The first kappa shape index (κ1) is 7.89. The van der Waals surface area contributed by atoms with Gasteiger partial charge in [0.15, 0.2) is 0 Å². The highest BCUT2D eigenvalue weighted by atomic mass is 31.2. The van der Waals surface area contributed by atoms with Crippen molar-refractivity contribution in [3.05, 3.63) is 11.4 Å². The molecule has 0 saturated heterocycles. The van der Waals surface area contributed by atoms with Crippen LogP contribution in [0.4, 0.5) is 0 Å². The average molecular weight is 134 g/mol. The van der Waals surface area contributed by atoms with E-state index in [2.05, 4.69) is 0 Å². The molecule has 0 unspecified atom stereocenters. The van der Waals surface area contributed by atoms with Crippen molar-refractivity contribution in [1.29, 1.82) is 0 Å². The second-order valence-electron chi connectivity index (χ2n) is 1.75. The molecule has 0 N–H and O–H groups in total. The summed E-state index contributed by atoms with van der Waals surface area (Å²) in [4.78, 5) is 19.7. The molecule has 3 nitrogen and oxygen atoms in total. The highest BCUT2D eigenvalue weighted by molar-refractivity contribution is 7.52. The highest BCUT2D eigenvalue weighted by Crippen LogP contribution is 2.26. The van der Waals surface area contributed by atoms with Crippen LogP contribution in [0, 0.1) is 0 Å². The van der Waals surface area contributed by atoms with E-state index >= 15 is 0 Å². The Kier molecular flexibility index (Phi) is 2.41. The van der Waals surface area contributed by atoms with E-state index in [1.54, 1.807) is 13.8 Å². The van der Waals surface area contributed by atoms with Gasteiger partial charge in [0.25, 0.3) is 0 Å². The summed E-state index contributed by atoms with van der Waals surface area (Å²) in [5, 5.41) is 0. The van der Waals surface area contributed by atoms with Crippen LogP contribution >= 0.6 is 7.60 Å². The van der Waals surface area contributed by atoms with E-state index in [-0.39, 0.29) is 0 Å². The van der Waals surface area contributed by atoms with E-state index in [4.69, 9.17) is 0 Å². The number of hydrogen-bond donors (Lipinski definition) is 0. The molecule has 0 spiro atoms. The lowest BCUT2D eigenvalue weighted by molar-refractivity contribution is -0.308. The number of hydrogen-bond acceptors (Lipinski definition) is 3. The van der Waals surface area contributed by atoms with Gasteiger partial charge in [-0.3, -0.25) is 0 Å². The fraction of sp³-hybridized carbons (Fsp3) is 0.500. The van der Waals surface area contributed by atoms with Crippen LogP contribution in [-0.2, 0) is 4.57 Å². The third kappa shape index (κ3) is 5.89. The fourth-order valence-electron chi connectivity index (χ4n) is 0.316. The molecule has 0 rings (SSSR count). The summed E-state index contributed by atoms with van der Waals surface area (Å²) >= 11 is 0. The SMILES string of the molecule is CC(C)=CP(=O)([O-])[O-]. The van der Waals surface area contributed by atoms with Gasteiger partial charge in [-0.2, -0.15) is 0 Å². The molecule has 0 aliphatic heterocycles. The van der Waals surface area contributed by atoms with Gasteiger partial charge < -0.3 is 14.4 Å². The fourth-order valence-corrected chi connectivity index (χ4v) is 0.949. The van der Waals surface area contributed by atoms with Crippen LogP contribution < -0.4 is 9.79 Å². The average Bonchev–Trinajstić information content (AvgIpc) is 1.21.